The molecule has 0 radical (unpaired) electrons. The Hall–Kier alpha value is -1.51. The van der Waals surface area contributed by atoms with Gasteiger partial charge in [0.25, 0.3) is 0 Å². The summed E-state index contributed by atoms with van der Waals surface area (Å²) in [6, 6.07) is 6.00. The average molecular weight is 416 g/mol. The highest BCUT2D eigenvalue weighted by atomic mass is 35.5. The van der Waals surface area contributed by atoms with Crippen LogP contribution in [0, 0.1) is 6.92 Å². The van der Waals surface area contributed by atoms with E-state index in [1.807, 2.05) is 12.1 Å². The Kier molecular flexibility index (Phi) is 8.19. The van der Waals surface area contributed by atoms with E-state index in [9.17, 15) is 8.42 Å². The van der Waals surface area contributed by atoms with Crippen LogP contribution in [0.2, 0.25) is 5.02 Å². The highest BCUT2D eigenvalue weighted by molar-refractivity contribution is 7.89. The highest BCUT2D eigenvalue weighted by Gasteiger charge is 2.20. The van der Waals surface area contributed by atoms with E-state index in [-0.39, 0.29) is 5.75 Å². The monoisotopic (exact) mass is 415 g/mol. The molecular formula is C18H30ClN5O2S. The molecule has 0 saturated carbocycles. The van der Waals surface area contributed by atoms with Crippen molar-refractivity contribution >= 4 is 33.3 Å². The van der Waals surface area contributed by atoms with Crippen LogP contribution < -0.4 is 14.9 Å². The number of benzene rings is 1. The van der Waals surface area contributed by atoms with Crippen LogP contribution in [0.3, 0.4) is 0 Å². The zero-order chi connectivity index (χ0) is 19.9. The molecule has 1 aromatic carbocycles. The molecule has 1 saturated heterocycles. The van der Waals surface area contributed by atoms with Crippen LogP contribution in [-0.4, -0.2) is 71.3 Å². The summed E-state index contributed by atoms with van der Waals surface area (Å²) in [6.07, 6.45) is 0.708. The Bertz CT molecular complexity index is 746. The number of piperazine rings is 1. The minimum absolute atomic E-state index is 0.110. The van der Waals surface area contributed by atoms with Crippen molar-refractivity contribution in [3.05, 3.63) is 28.8 Å². The van der Waals surface area contributed by atoms with Crippen LogP contribution in [-0.2, 0) is 10.0 Å². The summed E-state index contributed by atoms with van der Waals surface area (Å²) in [5.41, 5.74) is 2.41. The molecular weight excluding hydrogens is 386 g/mol. The third-order valence-corrected chi connectivity index (χ3v) is 6.28. The second-order valence-electron chi connectivity index (χ2n) is 6.53. The normalized spacial score (nSPS) is 15.9. The molecule has 1 fully saturated rings. The molecule has 27 heavy (non-hydrogen) atoms. The maximum atomic E-state index is 11.4. The molecule has 0 aliphatic carbocycles. The predicted octanol–water partition coefficient (Wildman–Crippen LogP) is 1.68. The summed E-state index contributed by atoms with van der Waals surface area (Å²) in [5, 5.41) is 4.08. The van der Waals surface area contributed by atoms with Gasteiger partial charge in [0.15, 0.2) is 5.96 Å². The first-order valence-corrected chi connectivity index (χ1v) is 11.3. The maximum absolute atomic E-state index is 11.4. The fourth-order valence-electron chi connectivity index (χ4n) is 3.03. The van der Waals surface area contributed by atoms with Gasteiger partial charge in [0, 0.05) is 57.0 Å². The van der Waals surface area contributed by atoms with Gasteiger partial charge in [0.1, 0.15) is 0 Å². The van der Waals surface area contributed by atoms with E-state index < -0.39 is 10.0 Å². The Morgan fingerprint density at radius 1 is 1.22 bits per heavy atom. The van der Waals surface area contributed by atoms with Crippen molar-refractivity contribution in [2.75, 3.05) is 57.0 Å². The molecule has 1 aromatic rings. The molecule has 1 aliphatic heterocycles. The number of anilines is 1. The van der Waals surface area contributed by atoms with Gasteiger partial charge in [-0.05, 0) is 38.0 Å². The van der Waals surface area contributed by atoms with E-state index in [0.29, 0.717) is 19.5 Å². The lowest BCUT2D eigenvalue weighted by Gasteiger charge is -2.38. The van der Waals surface area contributed by atoms with Crippen molar-refractivity contribution < 1.29 is 8.42 Å². The number of aliphatic imine (C=N–C) groups is 1. The zero-order valence-electron chi connectivity index (χ0n) is 16.3. The molecule has 1 heterocycles. The number of rotatable bonds is 7. The van der Waals surface area contributed by atoms with E-state index in [4.69, 9.17) is 11.6 Å². The molecule has 0 atom stereocenters. The quantitative estimate of drug-likeness (QED) is 0.402. The molecule has 7 nitrogen and oxygen atoms in total. The van der Waals surface area contributed by atoms with E-state index in [1.165, 1.54) is 11.3 Å². The Morgan fingerprint density at radius 3 is 2.56 bits per heavy atom. The second kappa shape index (κ2) is 10.1. The molecule has 0 amide bonds. The summed E-state index contributed by atoms with van der Waals surface area (Å²) in [4.78, 5) is 8.94. The van der Waals surface area contributed by atoms with Gasteiger partial charge in [-0.2, -0.15) is 0 Å². The number of nitrogens with one attached hydrogen (secondary N) is 2. The molecule has 152 valence electrons. The van der Waals surface area contributed by atoms with E-state index in [2.05, 4.69) is 37.8 Å². The highest BCUT2D eigenvalue weighted by Crippen LogP contribution is 2.25. The Morgan fingerprint density at radius 2 is 1.93 bits per heavy atom. The largest absolute Gasteiger partial charge is 0.368 e. The maximum Gasteiger partial charge on any atom is 0.211 e. The first-order valence-electron chi connectivity index (χ1n) is 9.30. The summed E-state index contributed by atoms with van der Waals surface area (Å²) < 4.78 is 25.4. The molecule has 2 rings (SSSR count). The van der Waals surface area contributed by atoms with Crippen molar-refractivity contribution in [1.82, 2.24) is 14.9 Å². The van der Waals surface area contributed by atoms with Gasteiger partial charge in [-0.3, -0.25) is 4.99 Å². The van der Waals surface area contributed by atoms with Gasteiger partial charge < -0.3 is 15.1 Å². The lowest BCUT2D eigenvalue weighted by atomic mass is 10.1. The first-order chi connectivity index (χ1) is 12.9. The molecule has 1 aliphatic rings. The Labute approximate surface area is 167 Å². The summed E-state index contributed by atoms with van der Waals surface area (Å²) in [5.74, 6) is 0.967. The molecule has 0 spiro atoms. The predicted molar refractivity (Wildman–Crippen MR) is 113 cm³/mol. The zero-order valence-corrected chi connectivity index (χ0v) is 17.9. The minimum Gasteiger partial charge on any atom is -0.368 e. The molecule has 0 bridgehead atoms. The van der Waals surface area contributed by atoms with E-state index in [1.54, 1.807) is 14.0 Å². The number of sulfonamides is 1. The van der Waals surface area contributed by atoms with E-state index >= 15 is 0 Å². The number of halogens is 1. The topological polar surface area (TPSA) is 77.0 Å². The lowest BCUT2D eigenvalue weighted by molar-refractivity contribution is 0.372. The summed E-state index contributed by atoms with van der Waals surface area (Å²) in [6.45, 7) is 8.38. The van der Waals surface area contributed by atoms with Crippen LogP contribution in [0.5, 0.6) is 0 Å². The minimum atomic E-state index is -3.12. The van der Waals surface area contributed by atoms with Crippen molar-refractivity contribution in [1.29, 1.82) is 0 Å². The Balaban J connectivity index is 1.79. The fraction of sp³-hybridized carbons (Fsp3) is 0.611. The second-order valence-corrected chi connectivity index (χ2v) is 9.06. The SMILES string of the molecule is CCS(=O)(=O)NCCCNC(=NC)N1CCN(c2cc(Cl)ccc2C)CC1. The summed E-state index contributed by atoms with van der Waals surface area (Å²) in [7, 11) is -1.35. The van der Waals surface area contributed by atoms with Crippen LogP contribution in [0.4, 0.5) is 5.69 Å². The van der Waals surface area contributed by atoms with Crippen molar-refractivity contribution in [3.8, 4) is 0 Å². The molecule has 9 heteroatoms. The van der Waals surface area contributed by atoms with Crippen LogP contribution in [0.1, 0.15) is 18.9 Å². The van der Waals surface area contributed by atoms with E-state index in [0.717, 1.165) is 37.2 Å². The van der Waals surface area contributed by atoms with Crippen molar-refractivity contribution in [2.24, 2.45) is 4.99 Å². The van der Waals surface area contributed by atoms with Gasteiger partial charge in [0.2, 0.25) is 10.0 Å². The number of hydrogen-bond donors (Lipinski definition) is 2. The van der Waals surface area contributed by atoms with Crippen molar-refractivity contribution in [2.45, 2.75) is 20.3 Å². The van der Waals surface area contributed by atoms with Gasteiger partial charge in [-0.15, -0.1) is 0 Å². The van der Waals surface area contributed by atoms with Crippen LogP contribution in [0.15, 0.2) is 23.2 Å². The van der Waals surface area contributed by atoms with Gasteiger partial charge in [-0.25, -0.2) is 13.1 Å². The van der Waals surface area contributed by atoms with Crippen LogP contribution >= 0.6 is 11.6 Å². The first kappa shape index (κ1) is 21.8. The average Bonchev–Trinajstić information content (AvgIpc) is 2.67. The standard InChI is InChI=1S/C18H30ClN5O2S/c1-4-27(25,26)22-9-5-8-21-18(20-3)24-12-10-23(11-13-24)17-14-16(19)7-6-15(17)2/h6-7,14,22H,4-5,8-13H2,1-3H3,(H,20,21). The van der Waals surface area contributed by atoms with Crippen LogP contribution in [0.25, 0.3) is 0 Å². The van der Waals surface area contributed by atoms with Crippen molar-refractivity contribution in [3.63, 3.8) is 0 Å². The fourth-order valence-corrected chi connectivity index (χ4v) is 3.86. The molecule has 0 aromatic heterocycles. The van der Waals surface area contributed by atoms with Gasteiger partial charge in [-0.1, -0.05) is 17.7 Å². The number of hydrogen-bond acceptors (Lipinski definition) is 4. The number of guanidine groups is 1. The van der Waals surface area contributed by atoms with Gasteiger partial charge >= 0.3 is 0 Å². The number of nitrogens with zero attached hydrogens (tertiary/aromatic N) is 3. The third-order valence-electron chi connectivity index (χ3n) is 4.64. The molecule has 0 unspecified atom stereocenters. The summed E-state index contributed by atoms with van der Waals surface area (Å²) >= 11 is 6.15. The lowest BCUT2D eigenvalue weighted by Crippen LogP contribution is -2.53. The third kappa shape index (κ3) is 6.55. The molecule has 2 N–H and O–H groups in total. The number of aryl methyl sites for hydroxylation is 1. The smallest absolute Gasteiger partial charge is 0.211 e. The van der Waals surface area contributed by atoms with Gasteiger partial charge in [0.05, 0.1) is 5.75 Å².